The highest BCUT2D eigenvalue weighted by Crippen LogP contribution is 2.32. The minimum absolute atomic E-state index is 0.0946. The molecule has 1 fully saturated rings. The first-order valence-corrected chi connectivity index (χ1v) is 11.3. The summed E-state index contributed by atoms with van der Waals surface area (Å²) in [7, 11) is -2.50. The van der Waals surface area contributed by atoms with Crippen LogP contribution in [-0.2, 0) is 26.2 Å². The molecule has 0 spiro atoms. The summed E-state index contributed by atoms with van der Waals surface area (Å²) in [5.74, 6) is -0.120. The molecule has 0 N–H and O–H groups in total. The number of carbonyl (C=O) groups excluding carboxylic acids is 2. The first-order chi connectivity index (χ1) is 14.4. The Hall–Kier alpha value is -2.95. The maximum absolute atomic E-state index is 13.3. The lowest BCUT2D eigenvalue weighted by atomic mass is 10.2. The van der Waals surface area contributed by atoms with Crippen molar-refractivity contribution in [2.75, 3.05) is 12.0 Å². The third-order valence-electron chi connectivity index (χ3n) is 4.75. The highest BCUT2D eigenvalue weighted by Gasteiger charge is 2.47. The second kappa shape index (κ2) is 8.05. The molecule has 0 bridgehead atoms. The van der Waals surface area contributed by atoms with Crippen LogP contribution in [0.25, 0.3) is 0 Å². The number of amides is 2. The number of nitrogens with zero attached hydrogens (tertiary/aromatic N) is 2. The molecule has 0 radical (unpaired) electrons. The van der Waals surface area contributed by atoms with Crippen LogP contribution in [0.1, 0.15) is 12.2 Å². The first-order valence-electron chi connectivity index (χ1n) is 9.00. The molecule has 1 unspecified atom stereocenters. The first kappa shape index (κ1) is 20.3. The van der Waals surface area contributed by atoms with Crippen LogP contribution in [-0.4, -0.2) is 37.7 Å². The number of sulfonamides is 1. The Labute approximate surface area is 177 Å². The van der Waals surface area contributed by atoms with Crippen molar-refractivity contribution in [2.45, 2.75) is 23.2 Å². The van der Waals surface area contributed by atoms with E-state index in [2.05, 4.69) is 0 Å². The van der Waals surface area contributed by atoms with Crippen LogP contribution in [0.4, 0.5) is 5.69 Å². The second-order valence-electron chi connectivity index (χ2n) is 6.55. The van der Waals surface area contributed by atoms with Gasteiger partial charge in [0, 0.05) is 0 Å². The van der Waals surface area contributed by atoms with E-state index < -0.39 is 27.9 Å². The van der Waals surface area contributed by atoms with Gasteiger partial charge in [-0.1, -0.05) is 6.07 Å². The van der Waals surface area contributed by atoms with E-state index in [1.807, 2.05) is 0 Å². The van der Waals surface area contributed by atoms with Gasteiger partial charge in [0.1, 0.15) is 21.8 Å². The number of imide groups is 1. The van der Waals surface area contributed by atoms with Crippen molar-refractivity contribution in [1.82, 2.24) is 4.31 Å². The summed E-state index contributed by atoms with van der Waals surface area (Å²) in [5, 5.41) is 1.64. The fourth-order valence-electron chi connectivity index (χ4n) is 3.29. The SMILES string of the molecule is COc1ccc(N2C(=O)CC(N(Cc3ccco3)S(=O)(=O)c3cccs3)C2=O)cc1. The smallest absolute Gasteiger partial charge is 0.253 e. The van der Waals surface area contributed by atoms with Crippen LogP contribution < -0.4 is 9.64 Å². The number of anilines is 1. The molecule has 1 atom stereocenters. The predicted octanol–water partition coefficient (Wildman–Crippen LogP) is 2.87. The molecule has 2 aromatic heterocycles. The highest BCUT2D eigenvalue weighted by atomic mass is 32.2. The van der Waals surface area contributed by atoms with E-state index in [9.17, 15) is 18.0 Å². The monoisotopic (exact) mass is 446 g/mol. The quantitative estimate of drug-likeness (QED) is 0.518. The summed E-state index contributed by atoms with van der Waals surface area (Å²) in [6, 6.07) is 11.6. The molecule has 1 aromatic carbocycles. The Morgan fingerprint density at radius 1 is 1.17 bits per heavy atom. The Kier molecular flexibility index (Phi) is 5.46. The van der Waals surface area contributed by atoms with E-state index >= 15 is 0 Å². The van der Waals surface area contributed by atoms with E-state index in [0.29, 0.717) is 17.2 Å². The minimum atomic E-state index is -4.02. The Morgan fingerprint density at radius 3 is 2.53 bits per heavy atom. The fraction of sp³-hybridized carbons (Fsp3) is 0.200. The molecule has 0 saturated carbocycles. The number of carbonyl (C=O) groups is 2. The van der Waals surface area contributed by atoms with Crippen molar-refractivity contribution in [1.29, 1.82) is 0 Å². The average Bonchev–Trinajstić information content (AvgIpc) is 3.49. The fourth-order valence-corrected chi connectivity index (χ4v) is 5.96. The number of furan rings is 1. The minimum Gasteiger partial charge on any atom is -0.497 e. The molecule has 8 nitrogen and oxygen atoms in total. The van der Waals surface area contributed by atoms with E-state index in [4.69, 9.17) is 9.15 Å². The lowest BCUT2D eigenvalue weighted by molar-refractivity contribution is -0.122. The third kappa shape index (κ3) is 3.64. The molecule has 0 aliphatic carbocycles. The summed E-state index contributed by atoms with van der Waals surface area (Å²) in [6.45, 7) is -0.159. The molecule has 1 aliphatic heterocycles. The zero-order valence-corrected chi connectivity index (χ0v) is 17.6. The number of hydrogen-bond acceptors (Lipinski definition) is 7. The van der Waals surface area contributed by atoms with Gasteiger partial charge in [-0.2, -0.15) is 4.31 Å². The Morgan fingerprint density at radius 2 is 1.93 bits per heavy atom. The maximum Gasteiger partial charge on any atom is 0.253 e. The van der Waals surface area contributed by atoms with Gasteiger partial charge in [0.25, 0.3) is 15.9 Å². The average molecular weight is 447 g/mol. The van der Waals surface area contributed by atoms with Crippen LogP contribution in [0.15, 0.2) is 68.8 Å². The topological polar surface area (TPSA) is 97.1 Å². The second-order valence-corrected chi connectivity index (χ2v) is 9.61. The number of thiophene rings is 1. The van der Waals surface area contributed by atoms with Crippen LogP contribution >= 0.6 is 11.3 Å². The highest BCUT2D eigenvalue weighted by molar-refractivity contribution is 7.91. The van der Waals surface area contributed by atoms with Crippen molar-refractivity contribution in [3.05, 3.63) is 65.9 Å². The summed E-state index contributed by atoms with van der Waals surface area (Å²) in [5.41, 5.74) is 0.361. The number of rotatable bonds is 7. The number of methoxy groups -OCH3 is 1. The van der Waals surface area contributed by atoms with Crippen molar-refractivity contribution < 1.29 is 27.2 Å². The molecule has 4 rings (SSSR count). The van der Waals surface area contributed by atoms with Gasteiger partial charge in [-0.05, 0) is 47.8 Å². The summed E-state index contributed by atoms with van der Waals surface area (Å²) >= 11 is 1.05. The molecule has 3 heterocycles. The van der Waals surface area contributed by atoms with E-state index in [0.717, 1.165) is 20.5 Å². The van der Waals surface area contributed by atoms with Crippen LogP contribution in [0, 0.1) is 0 Å². The molecular weight excluding hydrogens is 428 g/mol. The third-order valence-corrected chi connectivity index (χ3v) is 7.98. The predicted molar refractivity (Wildman–Crippen MR) is 110 cm³/mol. The standard InChI is InChI=1S/C20H18N2O6S2/c1-27-15-8-6-14(7-9-15)22-18(23)12-17(20(22)24)21(13-16-4-2-10-28-16)30(25,26)19-5-3-11-29-19/h2-11,17H,12-13H2,1H3. The van der Waals surface area contributed by atoms with Crippen LogP contribution in [0.3, 0.4) is 0 Å². The van der Waals surface area contributed by atoms with Gasteiger partial charge in [0.15, 0.2) is 0 Å². The summed E-state index contributed by atoms with van der Waals surface area (Å²) < 4.78 is 38.1. The zero-order valence-electron chi connectivity index (χ0n) is 15.9. The Balaban J connectivity index is 1.70. The number of benzene rings is 1. The molecule has 1 saturated heterocycles. The van der Waals surface area contributed by atoms with E-state index in [-0.39, 0.29) is 17.2 Å². The van der Waals surface area contributed by atoms with Crippen LogP contribution in [0.2, 0.25) is 0 Å². The lowest BCUT2D eigenvalue weighted by Crippen LogP contribution is -2.44. The molecule has 3 aromatic rings. The van der Waals surface area contributed by atoms with Crippen LogP contribution in [0.5, 0.6) is 5.75 Å². The van der Waals surface area contributed by atoms with Gasteiger partial charge in [-0.15, -0.1) is 11.3 Å². The van der Waals surface area contributed by atoms with E-state index in [1.165, 1.54) is 19.4 Å². The molecule has 30 heavy (non-hydrogen) atoms. The largest absolute Gasteiger partial charge is 0.497 e. The van der Waals surface area contributed by atoms with Gasteiger partial charge >= 0.3 is 0 Å². The van der Waals surface area contributed by atoms with Crippen molar-refractivity contribution in [3.8, 4) is 5.75 Å². The van der Waals surface area contributed by atoms with Crippen molar-refractivity contribution >= 4 is 38.9 Å². The molecule has 156 valence electrons. The molecular formula is C20H18N2O6S2. The van der Waals surface area contributed by atoms with Crippen molar-refractivity contribution in [3.63, 3.8) is 0 Å². The normalized spacial score (nSPS) is 17.1. The maximum atomic E-state index is 13.3. The summed E-state index contributed by atoms with van der Waals surface area (Å²) in [6.07, 6.45) is 1.17. The van der Waals surface area contributed by atoms with Gasteiger partial charge in [-0.3, -0.25) is 9.59 Å². The zero-order chi connectivity index (χ0) is 21.3. The molecule has 1 aliphatic rings. The number of ether oxygens (including phenoxy) is 1. The molecule has 10 heteroatoms. The Bertz CT molecular complexity index is 1140. The molecule has 2 amide bonds. The summed E-state index contributed by atoms with van der Waals surface area (Å²) in [4.78, 5) is 26.9. The van der Waals surface area contributed by atoms with Gasteiger partial charge < -0.3 is 9.15 Å². The lowest BCUT2D eigenvalue weighted by Gasteiger charge is -2.25. The van der Waals surface area contributed by atoms with Crippen molar-refractivity contribution in [2.24, 2.45) is 0 Å². The van der Waals surface area contributed by atoms with Gasteiger partial charge in [0.05, 0.1) is 32.0 Å². The van der Waals surface area contributed by atoms with Gasteiger partial charge in [0.2, 0.25) is 5.91 Å². The number of hydrogen-bond donors (Lipinski definition) is 0. The van der Waals surface area contributed by atoms with E-state index in [1.54, 1.807) is 47.8 Å². The van der Waals surface area contributed by atoms with Gasteiger partial charge in [-0.25, -0.2) is 13.3 Å².